The lowest BCUT2D eigenvalue weighted by molar-refractivity contribution is -0.117. The summed E-state index contributed by atoms with van der Waals surface area (Å²) in [4.78, 5) is 9.88. The fraction of sp³-hybridized carbons (Fsp3) is 0.333. The van der Waals surface area contributed by atoms with Crippen LogP contribution in [0.3, 0.4) is 0 Å². The highest BCUT2D eigenvalue weighted by Gasteiger charge is 2.01. The maximum absolute atomic E-state index is 9.88. The zero-order valence-corrected chi connectivity index (χ0v) is 3.72. The quantitative estimate of drug-likeness (QED) is 0.367. The predicted molar refractivity (Wildman–Crippen MR) is 26.0 cm³/mol. The largest absolute Gasteiger partial charge is 0.368 e. The third kappa shape index (κ3) is 1.88. The Bertz CT molecular complexity index is 90.2. The molecule has 0 aliphatic carbocycles. The number of hydrogen-bond donors (Lipinski definition) is 3. The Morgan fingerprint density at radius 2 is 2.29 bits per heavy atom. The molecule has 0 fully saturated rings. The lowest BCUT2D eigenvalue weighted by Crippen LogP contribution is -2.37. The van der Waals surface area contributed by atoms with Gasteiger partial charge in [0.15, 0.2) is 0 Å². The molecule has 4 nitrogen and oxygen atoms in total. The lowest BCUT2D eigenvalue weighted by Gasteiger charge is -1.93. The number of rotatable bonds is 2. The number of hydrogen-bond acceptors (Lipinski definition) is 3. The summed E-state index contributed by atoms with van der Waals surface area (Å²) in [7, 11) is 0. The van der Waals surface area contributed by atoms with Crippen LogP contribution in [0.5, 0.6) is 0 Å². The van der Waals surface area contributed by atoms with Crippen molar-refractivity contribution in [1.29, 1.82) is 5.41 Å². The average Bonchev–Trinajstić information content (AvgIpc) is 1.65. The summed E-state index contributed by atoms with van der Waals surface area (Å²) in [6.07, 6.45) is 0.794. The van der Waals surface area contributed by atoms with Crippen molar-refractivity contribution in [3.8, 4) is 0 Å². The minimum Gasteiger partial charge on any atom is -0.368 e. The minimum atomic E-state index is -0.917. The second kappa shape index (κ2) is 2.30. The van der Waals surface area contributed by atoms with Gasteiger partial charge in [-0.3, -0.25) is 4.79 Å². The van der Waals surface area contributed by atoms with Gasteiger partial charge in [-0.05, 0) is 0 Å². The summed E-state index contributed by atoms with van der Waals surface area (Å²) < 4.78 is 0. The van der Waals surface area contributed by atoms with Gasteiger partial charge in [0.2, 0.25) is 5.91 Å². The summed E-state index contributed by atoms with van der Waals surface area (Å²) in [6, 6.07) is -0.917. The number of amides is 1. The van der Waals surface area contributed by atoms with Crippen molar-refractivity contribution in [2.45, 2.75) is 6.04 Å². The van der Waals surface area contributed by atoms with E-state index >= 15 is 0 Å². The summed E-state index contributed by atoms with van der Waals surface area (Å²) in [5.74, 6) is -0.671. The average molecular weight is 101 g/mol. The predicted octanol–water partition coefficient (Wildman–Crippen LogP) is -1.55. The zero-order chi connectivity index (χ0) is 5.86. The molecule has 0 aromatic heterocycles. The topological polar surface area (TPSA) is 93.0 Å². The van der Waals surface area contributed by atoms with E-state index in [1.807, 2.05) is 0 Å². The van der Waals surface area contributed by atoms with Crippen molar-refractivity contribution in [3.63, 3.8) is 0 Å². The molecule has 0 heterocycles. The van der Waals surface area contributed by atoms with Gasteiger partial charge in [-0.15, -0.1) is 0 Å². The first-order valence-corrected chi connectivity index (χ1v) is 1.74. The Morgan fingerprint density at radius 1 is 1.86 bits per heavy atom. The van der Waals surface area contributed by atoms with Crippen molar-refractivity contribution in [1.82, 2.24) is 0 Å². The van der Waals surface area contributed by atoms with Crippen LogP contribution in [0.2, 0.25) is 0 Å². The molecular weight excluding hydrogens is 94.1 g/mol. The normalized spacial score (nSPS) is 12.7. The van der Waals surface area contributed by atoms with Crippen molar-refractivity contribution < 1.29 is 4.79 Å². The van der Waals surface area contributed by atoms with Gasteiger partial charge in [0.1, 0.15) is 6.04 Å². The molecule has 1 atom stereocenters. The molecular formula is C3H7N3O. The number of carbonyl (C=O) groups excluding carboxylic acids is 1. The highest BCUT2D eigenvalue weighted by Crippen LogP contribution is 1.62. The van der Waals surface area contributed by atoms with E-state index in [-0.39, 0.29) is 0 Å². The van der Waals surface area contributed by atoms with Gasteiger partial charge in [0.25, 0.3) is 0 Å². The summed E-state index contributed by atoms with van der Waals surface area (Å²) in [5.41, 5.74) is 9.53. The summed E-state index contributed by atoms with van der Waals surface area (Å²) in [6.45, 7) is 0. The number of nitrogens with two attached hydrogens (primary N) is 2. The van der Waals surface area contributed by atoms with Crippen LogP contribution in [-0.4, -0.2) is 18.2 Å². The van der Waals surface area contributed by atoms with Crippen LogP contribution >= 0.6 is 0 Å². The highest BCUT2D eigenvalue weighted by molar-refractivity contribution is 5.95. The van der Waals surface area contributed by atoms with Crippen LogP contribution in [0, 0.1) is 5.41 Å². The minimum absolute atomic E-state index is 0.671. The van der Waals surface area contributed by atoms with Crippen LogP contribution in [0.15, 0.2) is 0 Å². The van der Waals surface area contributed by atoms with Gasteiger partial charge < -0.3 is 16.9 Å². The van der Waals surface area contributed by atoms with E-state index in [0.29, 0.717) is 0 Å². The van der Waals surface area contributed by atoms with Crippen molar-refractivity contribution >= 4 is 12.1 Å². The maximum atomic E-state index is 9.88. The molecule has 1 amide bonds. The molecule has 0 radical (unpaired) electrons. The van der Waals surface area contributed by atoms with Gasteiger partial charge in [-0.25, -0.2) is 0 Å². The number of nitrogens with one attached hydrogen (secondary N) is 1. The fourth-order valence-electron chi connectivity index (χ4n) is 0.0821. The second-order valence-corrected chi connectivity index (χ2v) is 1.09. The third-order valence-electron chi connectivity index (χ3n) is 0.508. The molecule has 4 heteroatoms. The van der Waals surface area contributed by atoms with Crippen LogP contribution in [-0.2, 0) is 4.79 Å². The van der Waals surface area contributed by atoms with Crippen LogP contribution in [0.25, 0.3) is 0 Å². The van der Waals surface area contributed by atoms with Crippen molar-refractivity contribution in [2.24, 2.45) is 11.5 Å². The van der Waals surface area contributed by atoms with Crippen LogP contribution < -0.4 is 11.5 Å². The van der Waals surface area contributed by atoms with Gasteiger partial charge in [-0.2, -0.15) is 0 Å². The molecule has 0 aliphatic heterocycles. The van der Waals surface area contributed by atoms with Crippen molar-refractivity contribution in [3.05, 3.63) is 0 Å². The number of primary amides is 1. The van der Waals surface area contributed by atoms with E-state index in [0.717, 1.165) is 6.21 Å². The van der Waals surface area contributed by atoms with E-state index in [2.05, 4.69) is 5.73 Å². The van der Waals surface area contributed by atoms with Crippen molar-refractivity contribution in [2.75, 3.05) is 0 Å². The monoisotopic (exact) mass is 101 g/mol. The van der Waals surface area contributed by atoms with Crippen LogP contribution in [0.4, 0.5) is 0 Å². The first kappa shape index (κ1) is 6.10. The zero-order valence-electron chi connectivity index (χ0n) is 3.72. The summed E-state index contributed by atoms with van der Waals surface area (Å²) >= 11 is 0. The Kier molecular flexibility index (Phi) is 2.01. The molecule has 5 N–H and O–H groups in total. The molecule has 0 saturated heterocycles. The molecule has 0 rings (SSSR count). The Balaban J connectivity index is 3.55. The van der Waals surface area contributed by atoms with Gasteiger partial charge in [0, 0.05) is 6.21 Å². The summed E-state index contributed by atoms with van der Waals surface area (Å²) in [5, 5.41) is 6.39. The van der Waals surface area contributed by atoms with E-state index in [4.69, 9.17) is 11.1 Å². The molecule has 7 heavy (non-hydrogen) atoms. The first-order chi connectivity index (χ1) is 3.18. The Hall–Kier alpha value is -0.900. The Morgan fingerprint density at radius 3 is 2.29 bits per heavy atom. The molecule has 0 bridgehead atoms. The Labute approximate surface area is 41.0 Å². The third-order valence-corrected chi connectivity index (χ3v) is 0.508. The van der Waals surface area contributed by atoms with E-state index < -0.39 is 11.9 Å². The highest BCUT2D eigenvalue weighted by atomic mass is 16.1. The molecule has 0 saturated carbocycles. The first-order valence-electron chi connectivity index (χ1n) is 1.74. The SMILES string of the molecule is N=CC(N)C(N)=O. The maximum Gasteiger partial charge on any atom is 0.239 e. The molecule has 0 aliphatic rings. The van der Waals surface area contributed by atoms with E-state index in [9.17, 15) is 4.79 Å². The molecule has 1 unspecified atom stereocenters. The van der Waals surface area contributed by atoms with E-state index in [1.54, 1.807) is 0 Å². The molecule has 0 aromatic carbocycles. The van der Waals surface area contributed by atoms with Gasteiger partial charge >= 0.3 is 0 Å². The lowest BCUT2D eigenvalue weighted by atomic mass is 10.3. The number of carbonyl (C=O) groups is 1. The molecule has 40 valence electrons. The van der Waals surface area contributed by atoms with E-state index in [1.165, 1.54) is 0 Å². The second-order valence-electron chi connectivity index (χ2n) is 1.09. The standard InChI is InChI=1S/C3H7N3O/c4-1-2(5)3(6)7/h1-2,4H,5H2,(H2,6,7). The smallest absolute Gasteiger partial charge is 0.239 e. The molecule has 0 spiro atoms. The van der Waals surface area contributed by atoms with Gasteiger partial charge in [-0.1, -0.05) is 0 Å². The molecule has 0 aromatic rings. The fourth-order valence-corrected chi connectivity index (χ4v) is 0.0821. The van der Waals surface area contributed by atoms with Gasteiger partial charge in [0.05, 0.1) is 0 Å². The van der Waals surface area contributed by atoms with Crippen LogP contribution in [0.1, 0.15) is 0 Å².